The number of aryl methyl sites for hydroxylation is 1. The van der Waals surface area contributed by atoms with Crippen LogP contribution >= 0.6 is 0 Å². The van der Waals surface area contributed by atoms with Crippen molar-refractivity contribution in [1.82, 2.24) is 14.8 Å². The van der Waals surface area contributed by atoms with Crippen LogP contribution in [0.25, 0.3) is 11.4 Å². The van der Waals surface area contributed by atoms with Crippen LogP contribution in [0.2, 0.25) is 0 Å². The van der Waals surface area contributed by atoms with E-state index in [0.29, 0.717) is 6.04 Å². The van der Waals surface area contributed by atoms with Gasteiger partial charge in [-0.05, 0) is 43.0 Å². The third kappa shape index (κ3) is 3.09. The van der Waals surface area contributed by atoms with E-state index in [1.807, 2.05) is 11.6 Å². The molecule has 1 saturated carbocycles. The fourth-order valence-electron chi connectivity index (χ4n) is 3.36. The van der Waals surface area contributed by atoms with Crippen LogP contribution in [0.1, 0.15) is 39.0 Å². The zero-order chi connectivity index (χ0) is 14.7. The van der Waals surface area contributed by atoms with Gasteiger partial charge in [-0.3, -0.25) is 0 Å². The van der Waals surface area contributed by atoms with Gasteiger partial charge in [0.15, 0.2) is 5.82 Å². The first-order valence-corrected chi connectivity index (χ1v) is 7.99. The minimum Gasteiger partial charge on any atom is -0.382 e. The van der Waals surface area contributed by atoms with Crippen LogP contribution in [-0.2, 0) is 7.05 Å². The molecule has 2 atom stereocenters. The summed E-state index contributed by atoms with van der Waals surface area (Å²) >= 11 is 0. The van der Waals surface area contributed by atoms with E-state index in [0.717, 1.165) is 17.3 Å². The molecule has 1 N–H and O–H groups in total. The van der Waals surface area contributed by atoms with Gasteiger partial charge in [0.1, 0.15) is 6.33 Å². The van der Waals surface area contributed by atoms with Crippen LogP contribution in [0.4, 0.5) is 5.69 Å². The van der Waals surface area contributed by atoms with Gasteiger partial charge in [-0.15, -0.1) is 10.2 Å². The lowest BCUT2D eigenvalue weighted by atomic mass is 9.83. The van der Waals surface area contributed by atoms with E-state index in [1.54, 1.807) is 6.33 Å². The molecule has 0 spiro atoms. The van der Waals surface area contributed by atoms with Crippen molar-refractivity contribution in [2.75, 3.05) is 5.32 Å². The molecule has 0 amide bonds. The van der Waals surface area contributed by atoms with Crippen LogP contribution in [0.5, 0.6) is 0 Å². The molecule has 21 heavy (non-hydrogen) atoms. The average molecular weight is 284 g/mol. The lowest BCUT2D eigenvalue weighted by Crippen LogP contribution is -2.31. The Kier molecular flexibility index (Phi) is 4.23. The van der Waals surface area contributed by atoms with E-state index in [-0.39, 0.29) is 0 Å². The molecule has 1 aromatic heterocycles. The Bertz CT molecular complexity index is 573. The van der Waals surface area contributed by atoms with Crippen molar-refractivity contribution in [3.05, 3.63) is 30.6 Å². The Hall–Kier alpha value is -1.84. The first-order chi connectivity index (χ1) is 10.3. The largest absolute Gasteiger partial charge is 0.382 e. The zero-order valence-electron chi connectivity index (χ0n) is 12.9. The maximum absolute atomic E-state index is 4.15. The maximum atomic E-state index is 4.15. The molecule has 1 heterocycles. The van der Waals surface area contributed by atoms with E-state index >= 15 is 0 Å². The lowest BCUT2D eigenvalue weighted by Gasteiger charge is -2.32. The number of anilines is 1. The number of aromatic nitrogens is 3. The van der Waals surface area contributed by atoms with Crippen LogP contribution in [0, 0.1) is 5.92 Å². The molecule has 0 radical (unpaired) electrons. The summed E-state index contributed by atoms with van der Waals surface area (Å²) in [6, 6.07) is 9.19. The Morgan fingerprint density at radius 3 is 2.62 bits per heavy atom. The van der Waals surface area contributed by atoms with Gasteiger partial charge in [-0.2, -0.15) is 0 Å². The highest BCUT2D eigenvalue weighted by Gasteiger charge is 2.23. The molecule has 3 rings (SSSR count). The smallest absolute Gasteiger partial charge is 0.163 e. The highest BCUT2D eigenvalue weighted by molar-refractivity contribution is 5.60. The second kappa shape index (κ2) is 6.29. The lowest BCUT2D eigenvalue weighted by molar-refractivity contribution is 0.317. The number of nitrogens with one attached hydrogen (secondary N) is 1. The first-order valence-electron chi connectivity index (χ1n) is 7.99. The van der Waals surface area contributed by atoms with Crippen molar-refractivity contribution in [2.45, 2.75) is 45.1 Å². The molecule has 4 heteroatoms. The van der Waals surface area contributed by atoms with Crippen LogP contribution in [0.3, 0.4) is 0 Å². The monoisotopic (exact) mass is 284 g/mol. The summed E-state index contributed by atoms with van der Waals surface area (Å²) < 4.78 is 1.94. The Labute approximate surface area is 126 Å². The molecule has 112 valence electrons. The molecule has 1 aromatic carbocycles. The van der Waals surface area contributed by atoms with Gasteiger partial charge in [0.05, 0.1) is 0 Å². The maximum Gasteiger partial charge on any atom is 0.163 e. The van der Waals surface area contributed by atoms with Crippen molar-refractivity contribution in [2.24, 2.45) is 13.0 Å². The number of nitrogens with zero attached hydrogens (tertiary/aromatic N) is 3. The number of hydrogen-bond acceptors (Lipinski definition) is 3. The molecule has 1 fully saturated rings. The van der Waals surface area contributed by atoms with Crippen molar-refractivity contribution in [3.63, 3.8) is 0 Å². The third-order valence-electron chi connectivity index (χ3n) is 4.64. The van der Waals surface area contributed by atoms with Gasteiger partial charge < -0.3 is 9.88 Å². The summed E-state index contributed by atoms with van der Waals surface area (Å²) in [6.45, 7) is 2.31. The fraction of sp³-hybridized carbons (Fsp3) is 0.529. The zero-order valence-corrected chi connectivity index (χ0v) is 12.9. The summed E-state index contributed by atoms with van der Waals surface area (Å²) in [5.74, 6) is 1.72. The van der Waals surface area contributed by atoms with Gasteiger partial charge >= 0.3 is 0 Å². The standard InChI is InChI=1S/C17H24N4/c1-3-13-6-4-5-7-16(13)19-15-10-8-14(9-11-15)17-20-18-12-21(17)2/h8-13,16,19H,3-7H2,1-2H3. The molecule has 0 saturated heterocycles. The minimum absolute atomic E-state index is 0.629. The fourth-order valence-corrected chi connectivity index (χ4v) is 3.36. The highest BCUT2D eigenvalue weighted by atomic mass is 15.2. The summed E-state index contributed by atoms with van der Waals surface area (Å²) in [5.41, 5.74) is 2.32. The predicted molar refractivity (Wildman–Crippen MR) is 86.1 cm³/mol. The number of hydrogen-bond donors (Lipinski definition) is 1. The Morgan fingerprint density at radius 2 is 1.95 bits per heavy atom. The molecular formula is C17H24N4. The third-order valence-corrected chi connectivity index (χ3v) is 4.64. The number of rotatable bonds is 4. The van der Waals surface area contributed by atoms with Crippen molar-refractivity contribution in [3.8, 4) is 11.4 Å². The minimum atomic E-state index is 0.629. The summed E-state index contributed by atoms with van der Waals surface area (Å²) in [4.78, 5) is 0. The molecule has 4 nitrogen and oxygen atoms in total. The van der Waals surface area contributed by atoms with E-state index in [4.69, 9.17) is 0 Å². The second-order valence-electron chi connectivity index (χ2n) is 6.05. The number of benzene rings is 1. The quantitative estimate of drug-likeness (QED) is 0.927. The van der Waals surface area contributed by atoms with E-state index < -0.39 is 0 Å². The van der Waals surface area contributed by atoms with E-state index in [9.17, 15) is 0 Å². The Morgan fingerprint density at radius 1 is 1.19 bits per heavy atom. The first kappa shape index (κ1) is 14.1. The van der Waals surface area contributed by atoms with Crippen molar-refractivity contribution < 1.29 is 0 Å². The van der Waals surface area contributed by atoms with E-state index in [1.165, 1.54) is 37.8 Å². The van der Waals surface area contributed by atoms with Crippen molar-refractivity contribution >= 4 is 5.69 Å². The second-order valence-corrected chi connectivity index (χ2v) is 6.05. The van der Waals surface area contributed by atoms with Gasteiger partial charge in [-0.25, -0.2) is 0 Å². The van der Waals surface area contributed by atoms with E-state index in [2.05, 4.69) is 46.7 Å². The summed E-state index contributed by atoms with van der Waals surface area (Å²) in [5, 5.41) is 11.8. The van der Waals surface area contributed by atoms with Crippen LogP contribution in [-0.4, -0.2) is 20.8 Å². The van der Waals surface area contributed by atoms with Gasteiger partial charge in [-0.1, -0.05) is 26.2 Å². The molecule has 2 unspecified atom stereocenters. The van der Waals surface area contributed by atoms with Crippen LogP contribution < -0.4 is 5.32 Å². The molecular weight excluding hydrogens is 260 g/mol. The molecule has 0 aliphatic heterocycles. The molecule has 1 aliphatic rings. The van der Waals surface area contributed by atoms with Gasteiger partial charge in [0.25, 0.3) is 0 Å². The van der Waals surface area contributed by atoms with Gasteiger partial charge in [0, 0.05) is 24.3 Å². The summed E-state index contributed by atoms with van der Waals surface area (Å²) in [6.07, 6.45) is 8.41. The topological polar surface area (TPSA) is 42.7 Å². The Balaban J connectivity index is 1.71. The molecule has 0 bridgehead atoms. The summed E-state index contributed by atoms with van der Waals surface area (Å²) in [7, 11) is 1.97. The SMILES string of the molecule is CCC1CCCCC1Nc1ccc(-c2nncn2C)cc1. The predicted octanol–water partition coefficient (Wildman–Crippen LogP) is 3.86. The normalized spacial score (nSPS) is 22.2. The molecule has 2 aromatic rings. The molecule has 1 aliphatic carbocycles. The van der Waals surface area contributed by atoms with Crippen molar-refractivity contribution in [1.29, 1.82) is 0 Å². The van der Waals surface area contributed by atoms with Gasteiger partial charge in [0.2, 0.25) is 0 Å². The highest BCUT2D eigenvalue weighted by Crippen LogP contribution is 2.29. The van der Waals surface area contributed by atoms with Crippen LogP contribution in [0.15, 0.2) is 30.6 Å². The average Bonchev–Trinajstić information content (AvgIpc) is 2.95.